The molecule has 1 amide bonds. The molecule has 0 radical (unpaired) electrons. The second kappa shape index (κ2) is 10.6. The van der Waals surface area contributed by atoms with Crippen LogP contribution in [-0.4, -0.2) is 39.6 Å². The van der Waals surface area contributed by atoms with E-state index in [0.29, 0.717) is 18.2 Å². The molecule has 0 aliphatic rings. The van der Waals surface area contributed by atoms with Crippen LogP contribution in [0.15, 0.2) is 72.4 Å². The number of hydrogen-bond acceptors (Lipinski definition) is 5. The molecule has 1 N–H and O–H groups in total. The van der Waals surface area contributed by atoms with Gasteiger partial charge in [-0.2, -0.15) is 0 Å². The summed E-state index contributed by atoms with van der Waals surface area (Å²) in [5.74, 6) is 1.57. The van der Waals surface area contributed by atoms with Crippen LogP contribution >= 0.6 is 11.8 Å². The lowest BCUT2D eigenvalue weighted by molar-refractivity contribution is -0.120. The van der Waals surface area contributed by atoms with Gasteiger partial charge in [-0.1, -0.05) is 60.3 Å². The lowest BCUT2D eigenvalue weighted by Gasteiger charge is -2.13. The summed E-state index contributed by atoms with van der Waals surface area (Å²) in [6, 6.07) is 17.7. The van der Waals surface area contributed by atoms with Gasteiger partial charge in [-0.15, -0.1) is 16.8 Å². The van der Waals surface area contributed by atoms with Crippen LogP contribution in [0.3, 0.4) is 0 Å². The predicted octanol–water partition coefficient (Wildman–Crippen LogP) is 3.98. The molecule has 0 aliphatic carbocycles. The Morgan fingerprint density at radius 1 is 1.20 bits per heavy atom. The van der Waals surface area contributed by atoms with Crippen molar-refractivity contribution >= 4 is 17.7 Å². The Labute approximate surface area is 181 Å². The zero-order valence-corrected chi connectivity index (χ0v) is 18.1. The number of carbonyl (C=O) groups excluding carboxylic acids is 1. The molecular weight excluding hydrogens is 396 g/mol. The fourth-order valence-corrected chi connectivity index (χ4v) is 3.83. The maximum absolute atomic E-state index is 12.6. The molecule has 0 saturated heterocycles. The first-order valence-electron chi connectivity index (χ1n) is 9.79. The van der Waals surface area contributed by atoms with Crippen molar-refractivity contribution in [2.75, 3.05) is 13.7 Å². The highest BCUT2D eigenvalue weighted by Gasteiger charge is 2.20. The summed E-state index contributed by atoms with van der Waals surface area (Å²) in [5.41, 5.74) is 2.13. The van der Waals surface area contributed by atoms with E-state index in [1.807, 2.05) is 66.1 Å². The van der Waals surface area contributed by atoms with Crippen molar-refractivity contribution in [2.45, 2.75) is 30.3 Å². The maximum atomic E-state index is 12.6. The second-order valence-electron chi connectivity index (χ2n) is 6.72. The van der Waals surface area contributed by atoms with Gasteiger partial charge in [-0.3, -0.25) is 9.36 Å². The van der Waals surface area contributed by atoms with Gasteiger partial charge in [0, 0.05) is 18.7 Å². The van der Waals surface area contributed by atoms with E-state index in [-0.39, 0.29) is 11.2 Å². The van der Waals surface area contributed by atoms with Crippen LogP contribution in [0.2, 0.25) is 0 Å². The molecule has 0 saturated carbocycles. The third-order valence-corrected chi connectivity index (χ3v) is 5.66. The Kier molecular flexibility index (Phi) is 7.68. The number of methoxy groups -OCH3 is 1. The summed E-state index contributed by atoms with van der Waals surface area (Å²) >= 11 is 1.40. The zero-order valence-electron chi connectivity index (χ0n) is 17.2. The highest BCUT2D eigenvalue weighted by Crippen LogP contribution is 2.26. The number of amides is 1. The van der Waals surface area contributed by atoms with Crippen LogP contribution in [0.4, 0.5) is 0 Å². The quantitative estimate of drug-likeness (QED) is 0.395. The number of ether oxygens (including phenoxy) is 1. The monoisotopic (exact) mass is 422 g/mol. The molecule has 6 nitrogen and oxygen atoms in total. The molecule has 7 heteroatoms. The highest BCUT2D eigenvalue weighted by molar-refractivity contribution is 8.00. The van der Waals surface area contributed by atoms with Crippen LogP contribution in [0, 0.1) is 0 Å². The van der Waals surface area contributed by atoms with Crippen LogP contribution in [0.25, 0.3) is 11.4 Å². The van der Waals surface area contributed by atoms with E-state index in [0.717, 1.165) is 29.1 Å². The molecule has 30 heavy (non-hydrogen) atoms. The summed E-state index contributed by atoms with van der Waals surface area (Å²) in [6.07, 6.45) is 2.57. The number of allylic oxidation sites excluding steroid dienone is 1. The lowest BCUT2D eigenvalue weighted by Crippen LogP contribution is -2.32. The van der Waals surface area contributed by atoms with Crippen molar-refractivity contribution in [2.24, 2.45) is 0 Å². The van der Waals surface area contributed by atoms with E-state index in [2.05, 4.69) is 22.1 Å². The van der Waals surface area contributed by atoms with Gasteiger partial charge in [-0.25, -0.2) is 0 Å². The van der Waals surface area contributed by atoms with E-state index in [1.54, 1.807) is 13.2 Å². The Morgan fingerprint density at radius 2 is 1.93 bits per heavy atom. The predicted molar refractivity (Wildman–Crippen MR) is 121 cm³/mol. The number of thioether (sulfide) groups is 1. The van der Waals surface area contributed by atoms with E-state index < -0.39 is 0 Å². The van der Waals surface area contributed by atoms with Gasteiger partial charge < -0.3 is 10.1 Å². The Balaban J connectivity index is 1.59. The number of nitrogens with zero attached hydrogens (tertiary/aromatic N) is 3. The van der Waals surface area contributed by atoms with Crippen molar-refractivity contribution < 1.29 is 9.53 Å². The van der Waals surface area contributed by atoms with Crippen molar-refractivity contribution in [3.8, 4) is 17.1 Å². The van der Waals surface area contributed by atoms with Gasteiger partial charge in [-0.05, 0) is 31.0 Å². The second-order valence-corrected chi connectivity index (χ2v) is 8.03. The Hall–Kier alpha value is -3.06. The van der Waals surface area contributed by atoms with Crippen LogP contribution in [0.5, 0.6) is 5.75 Å². The van der Waals surface area contributed by atoms with Gasteiger partial charge in [0.2, 0.25) is 5.91 Å². The highest BCUT2D eigenvalue weighted by atomic mass is 32.2. The summed E-state index contributed by atoms with van der Waals surface area (Å²) < 4.78 is 7.15. The van der Waals surface area contributed by atoms with Crippen molar-refractivity contribution in [1.82, 2.24) is 20.1 Å². The van der Waals surface area contributed by atoms with Gasteiger partial charge in [0.25, 0.3) is 0 Å². The minimum absolute atomic E-state index is 0.0251. The molecule has 0 aliphatic heterocycles. The Bertz CT molecular complexity index is 971. The first kappa shape index (κ1) is 21.6. The van der Waals surface area contributed by atoms with Crippen molar-refractivity contribution in [3.05, 3.63) is 72.8 Å². The van der Waals surface area contributed by atoms with Crippen LogP contribution < -0.4 is 10.1 Å². The minimum atomic E-state index is -0.294. The average molecular weight is 423 g/mol. The number of nitrogens with one attached hydrogen (secondary N) is 1. The zero-order chi connectivity index (χ0) is 21.3. The number of hydrogen-bond donors (Lipinski definition) is 1. The molecule has 0 fully saturated rings. The van der Waals surface area contributed by atoms with E-state index in [4.69, 9.17) is 4.74 Å². The van der Waals surface area contributed by atoms with Gasteiger partial charge >= 0.3 is 0 Å². The summed E-state index contributed by atoms with van der Waals surface area (Å²) in [5, 5.41) is 12.1. The SMILES string of the molecule is C=CCn1c(SC(C)C(=O)NCCc2ccc(OC)cc2)nnc1-c1ccccc1. The third-order valence-electron chi connectivity index (χ3n) is 4.58. The largest absolute Gasteiger partial charge is 0.497 e. The number of aromatic nitrogens is 3. The minimum Gasteiger partial charge on any atom is -0.497 e. The maximum Gasteiger partial charge on any atom is 0.233 e. The number of benzene rings is 2. The van der Waals surface area contributed by atoms with Gasteiger partial charge in [0.15, 0.2) is 11.0 Å². The summed E-state index contributed by atoms with van der Waals surface area (Å²) in [7, 11) is 1.65. The van der Waals surface area contributed by atoms with Gasteiger partial charge in [0.1, 0.15) is 5.75 Å². The van der Waals surface area contributed by atoms with Crippen molar-refractivity contribution in [3.63, 3.8) is 0 Å². The van der Waals surface area contributed by atoms with E-state index in [1.165, 1.54) is 11.8 Å². The number of rotatable bonds is 10. The van der Waals surface area contributed by atoms with Crippen LogP contribution in [-0.2, 0) is 17.8 Å². The third kappa shape index (κ3) is 5.51. The van der Waals surface area contributed by atoms with Gasteiger partial charge in [0.05, 0.1) is 12.4 Å². The molecule has 1 unspecified atom stereocenters. The molecule has 1 heterocycles. The fourth-order valence-electron chi connectivity index (χ4n) is 2.95. The van der Waals surface area contributed by atoms with Crippen LogP contribution in [0.1, 0.15) is 12.5 Å². The Morgan fingerprint density at radius 3 is 2.60 bits per heavy atom. The summed E-state index contributed by atoms with van der Waals surface area (Å²) in [6.45, 7) is 6.86. The molecule has 3 rings (SSSR count). The van der Waals surface area contributed by atoms with E-state index in [9.17, 15) is 4.79 Å². The van der Waals surface area contributed by atoms with E-state index >= 15 is 0 Å². The topological polar surface area (TPSA) is 69.0 Å². The molecule has 1 atom stereocenters. The number of carbonyl (C=O) groups is 1. The van der Waals surface area contributed by atoms with Crippen molar-refractivity contribution in [1.29, 1.82) is 0 Å². The smallest absolute Gasteiger partial charge is 0.233 e. The molecule has 156 valence electrons. The molecule has 3 aromatic rings. The molecule has 0 spiro atoms. The lowest BCUT2D eigenvalue weighted by atomic mass is 10.1. The standard InChI is InChI=1S/C23H26N4O2S/c1-4-16-27-21(19-8-6-5-7-9-19)25-26-23(27)30-17(2)22(28)24-15-14-18-10-12-20(29-3)13-11-18/h4-13,17H,1,14-16H2,2-3H3,(H,24,28). The fraction of sp³-hybridized carbons (Fsp3) is 0.261. The average Bonchev–Trinajstić information content (AvgIpc) is 3.17. The molecule has 1 aromatic heterocycles. The normalized spacial score (nSPS) is 11.7. The molecular formula is C23H26N4O2S. The first-order chi connectivity index (χ1) is 14.6. The molecule has 2 aromatic carbocycles. The first-order valence-corrected chi connectivity index (χ1v) is 10.7. The molecule has 0 bridgehead atoms. The summed E-state index contributed by atoms with van der Waals surface area (Å²) in [4.78, 5) is 12.6.